The van der Waals surface area contributed by atoms with Gasteiger partial charge in [0.1, 0.15) is 18.2 Å². The summed E-state index contributed by atoms with van der Waals surface area (Å²) in [5.74, 6) is 0.445. The molecule has 5 nitrogen and oxygen atoms in total. The number of hydrogen-bond donors (Lipinski definition) is 1. The van der Waals surface area contributed by atoms with E-state index in [1.54, 1.807) is 54.6 Å². The van der Waals surface area contributed by atoms with Crippen LogP contribution in [0.3, 0.4) is 0 Å². The van der Waals surface area contributed by atoms with Gasteiger partial charge in [-0.25, -0.2) is 0 Å². The smallest absolute Gasteiger partial charge is 0.266 e. The molecule has 1 N–H and O–H groups in total. The van der Waals surface area contributed by atoms with Gasteiger partial charge in [0.15, 0.2) is 11.5 Å². The van der Waals surface area contributed by atoms with Crippen molar-refractivity contribution in [3.05, 3.63) is 89.9 Å². The number of ether oxygens (including phenoxy) is 2. The van der Waals surface area contributed by atoms with Gasteiger partial charge in [0.05, 0.1) is 20.9 Å². The topological polar surface area (TPSA) is 71.3 Å². The molecule has 0 saturated carbocycles. The van der Waals surface area contributed by atoms with Crippen LogP contribution >= 0.6 is 57.4 Å². The van der Waals surface area contributed by atoms with Crippen molar-refractivity contribution in [2.75, 3.05) is 11.9 Å². The molecule has 3 aromatic rings. The summed E-state index contributed by atoms with van der Waals surface area (Å²) in [4.78, 5) is 12.6. The van der Waals surface area contributed by atoms with Crippen LogP contribution in [0.5, 0.6) is 11.5 Å². The summed E-state index contributed by atoms with van der Waals surface area (Å²) >= 11 is 20.4. The SMILES string of the molecule is CCOc1cc(/C=C(/C#N)C(=O)Nc2ccccc2Cl)cc(I)c1OCc1ccc(Cl)cc1Cl. The van der Waals surface area contributed by atoms with Crippen LogP contribution in [0.4, 0.5) is 5.69 Å². The number of anilines is 1. The van der Waals surface area contributed by atoms with Crippen LogP contribution in [-0.4, -0.2) is 12.5 Å². The summed E-state index contributed by atoms with van der Waals surface area (Å²) in [5.41, 5.74) is 1.72. The highest BCUT2D eigenvalue weighted by Crippen LogP contribution is 2.36. The van der Waals surface area contributed by atoms with Gasteiger partial charge in [-0.05, 0) is 77.6 Å². The predicted octanol–water partition coefficient (Wildman–Crippen LogP) is 7.77. The summed E-state index contributed by atoms with van der Waals surface area (Å²) in [6.45, 7) is 2.47. The van der Waals surface area contributed by atoms with Crippen LogP contribution in [0.1, 0.15) is 18.1 Å². The normalized spacial score (nSPS) is 11.0. The summed E-state index contributed by atoms with van der Waals surface area (Å²) in [6.07, 6.45) is 1.48. The monoisotopic (exact) mass is 626 g/mol. The molecular weight excluding hydrogens is 610 g/mol. The van der Waals surface area contributed by atoms with Crippen molar-refractivity contribution >= 4 is 75.1 Å². The van der Waals surface area contributed by atoms with Crippen LogP contribution in [0.15, 0.2) is 60.2 Å². The van der Waals surface area contributed by atoms with Crippen molar-refractivity contribution in [3.8, 4) is 17.6 Å². The quantitative estimate of drug-likeness (QED) is 0.157. The van der Waals surface area contributed by atoms with Crippen molar-refractivity contribution in [2.45, 2.75) is 13.5 Å². The molecular formula is C25H18Cl3IN2O3. The molecule has 1 amide bonds. The Hall–Kier alpha value is -2.44. The van der Waals surface area contributed by atoms with E-state index < -0.39 is 5.91 Å². The Kier molecular flexibility index (Phi) is 9.48. The first kappa shape index (κ1) is 26.2. The molecule has 0 aromatic heterocycles. The van der Waals surface area contributed by atoms with Gasteiger partial charge >= 0.3 is 0 Å². The number of carbonyl (C=O) groups excluding carboxylic acids is 1. The number of para-hydroxylation sites is 1. The van der Waals surface area contributed by atoms with Crippen LogP contribution in [-0.2, 0) is 11.4 Å². The van der Waals surface area contributed by atoms with Crippen LogP contribution in [0, 0.1) is 14.9 Å². The first-order chi connectivity index (χ1) is 16.3. The van der Waals surface area contributed by atoms with Gasteiger partial charge in [-0.2, -0.15) is 5.26 Å². The van der Waals surface area contributed by atoms with E-state index in [2.05, 4.69) is 27.9 Å². The highest BCUT2D eigenvalue weighted by Gasteiger charge is 2.16. The Labute approximate surface area is 226 Å². The second-order valence-electron chi connectivity index (χ2n) is 6.89. The standard InChI is InChI=1S/C25H18Cl3IN2O3/c1-2-33-23-11-15(9-17(13-30)25(32)31-22-6-4-3-5-19(22)27)10-21(29)24(23)34-14-16-7-8-18(26)12-20(16)28/h3-12H,2,14H2,1H3,(H,31,32)/b17-9-. The molecule has 174 valence electrons. The highest BCUT2D eigenvalue weighted by molar-refractivity contribution is 14.1. The number of benzene rings is 3. The molecule has 9 heteroatoms. The third-order valence-corrected chi connectivity index (χ3v) is 6.23. The Bertz CT molecular complexity index is 1290. The van der Waals surface area contributed by atoms with Crippen LogP contribution in [0.2, 0.25) is 15.1 Å². The van der Waals surface area contributed by atoms with Crippen molar-refractivity contribution in [1.82, 2.24) is 0 Å². The fourth-order valence-electron chi connectivity index (χ4n) is 2.93. The van der Waals surface area contributed by atoms with Gasteiger partial charge in [-0.3, -0.25) is 4.79 Å². The molecule has 0 unspecified atom stereocenters. The van der Waals surface area contributed by atoms with Crippen molar-refractivity contribution < 1.29 is 14.3 Å². The predicted molar refractivity (Wildman–Crippen MR) is 145 cm³/mol. The number of nitrogens with one attached hydrogen (secondary N) is 1. The van der Waals surface area contributed by atoms with Crippen LogP contribution < -0.4 is 14.8 Å². The summed E-state index contributed by atoms with van der Waals surface area (Å²) in [7, 11) is 0. The number of amides is 1. The molecule has 0 aliphatic carbocycles. The number of rotatable bonds is 8. The van der Waals surface area contributed by atoms with E-state index in [1.165, 1.54) is 6.08 Å². The first-order valence-corrected chi connectivity index (χ1v) is 12.2. The largest absolute Gasteiger partial charge is 0.490 e. The molecule has 0 bridgehead atoms. The zero-order chi connectivity index (χ0) is 24.7. The van der Waals surface area contributed by atoms with Crippen molar-refractivity contribution in [3.63, 3.8) is 0 Å². The number of carbonyl (C=O) groups is 1. The van der Waals surface area contributed by atoms with E-state index in [-0.39, 0.29) is 12.2 Å². The minimum Gasteiger partial charge on any atom is -0.490 e. The Balaban J connectivity index is 1.87. The van der Waals surface area contributed by atoms with Crippen LogP contribution in [0.25, 0.3) is 6.08 Å². The minimum absolute atomic E-state index is 0.0835. The second-order valence-corrected chi connectivity index (χ2v) is 9.30. The maximum absolute atomic E-state index is 12.6. The summed E-state index contributed by atoms with van der Waals surface area (Å²) in [5, 5.41) is 13.6. The molecule has 0 saturated heterocycles. The summed E-state index contributed by atoms with van der Waals surface area (Å²) in [6, 6.07) is 17.4. The van der Waals surface area contributed by atoms with E-state index >= 15 is 0 Å². The fourth-order valence-corrected chi connectivity index (χ4v) is 4.36. The molecule has 3 rings (SSSR count). The molecule has 0 fully saturated rings. The van der Waals surface area contributed by atoms with Gasteiger partial charge in [0.2, 0.25) is 0 Å². The molecule has 3 aromatic carbocycles. The Morgan fingerprint density at radius 3 is 2.53 bits per heavy atom. The maximum atomic E-state index is 12.6. The zero-order valence-electron chi connectivity index (χ0n) is 17.9. The van der Waals surface area contributed by atoms with E-state index in [4.69, 9.17) is 44.3 Å². The minimum atomic E-state index is -0.568. The number of nitrogens with zero attached hydrogens (tertiary/aromatic N) is 1. The third-order valence-electron chi connectivity index (χ3n) is 4.52. The van der Waals surface area contributed by atoms with Gasteiger partial charge in [0.25, 0.3) is 5.91 Å². The van der Waals surface area contributed by atoms with Gasteiger partial charge in [-0.15, -0.1) is 0 Å². The van der Waals surface area contributed by atoms with Crippen molar-refractivity contribution in [2.24, 2.45) is 0 Å². The number of halogens is 4. The average Bonchev–Trinajstić information content (AvgIpc) is 2.79. The second kappa shape index (κ2) is 12.3. The van der Waals surface area contributed by atoms with Crippen molar-refractivity contribution in [1.29, 1.82) is 5.26 Å². The maximum Gasteiger partial charge on any atom is 0.266 e. The lowest BCUT2D eigenvalue weighted by atomic mass is 10.1. The lowest BCUT2D eigenvalue weighted by Crippen LogP contribution is -2.13. The lowest BCUT2D eigenvalue weighted by Gasteiger charge is -2.15. The Morgan fingerprint density at radius 1 is 1.09 bits per heavy atom. The van der Waals surface area contributed by atoms with E-state index in [0.29, 0.717) is 44.4 Å². The van der Waals surface area contributed by atoms with Gasteiger partial charge in [-0.1, -0.05) is 53.0 Å². The lowest BCUT2D eigenvalue weighted by molar-refractivity contribution is -0.112. The average molecular weight is 628 g/mol. The Morgan fingerprint density at radius 2 is 1.85 bits per heavy atom. The van der Waals surface area contributed by atoms with Gasteiger partial charge < -0.3 is 14.8 Å². The molecule has 0 spiro atoms. The molecule has 0 atom stereocenters. The van der Waals surface area contributed by atoms with E-state index in [9.17, 15) is 10.1 Å². The molecule has 0 radical (unpaired) electrons. The molecule has 0 heterocycles. The fraction of sp³-hybridized carbons (Fsp3) is 0.120. The van der Waals surface area contributed by atoms with E-state index in [0.717, 1.165) is 9.13 Å². The number of nitriles is 1. The van der Waals surface area contributed by atoms with Gasteiger partial charge in [0, 0.05) is 15.6 Å². The zero-order valence-corrected chi connectivity index (χ0v) is 22.3. The first-order valence-electron chi connectivity index (χ1n) is 10.0. The molecule has 0 aliphatic rings. The number of hydrogen-bond acceptors (Lipinski definition) is 4. The van der Waals surface area contributed by atoms with E-state index in [1.807, 2.05) is 13.0 Å². The molecule has 0 aliphatic heterocycles. The summed E-state index contributed by atoms with van der Waals surface area (Å²) < 4.78 is 12.5. The molecule has 34 heavy (non-hydrogen) atoms. The highest BCUT2D eigenvalue weighted by atomic mass is 127. The third kappa shape index (κ3) is 6.80.